The molecule has 1 aromatic carbocycles. The first-order valence-corrected chi connectivity index (χ1v) is 7.96. The smallest absolute Gasteiger partial charge is 0.125 e. The van der Waals surface area contributed by atoms with Gasteiger partial charge in [0.15, 0.2) is 0 Å². The molecule has 1 N–H and O–H groups in total. The van der Waals surface area contributed by atoms with Crippen molar-refractivity contribution in [1.82, 2.24) is 10.2 Å². The predicted molar refractivity (Wildman–Crippen MR) is 84.1 cm³/mol. The average molecular weight is 290 g/mol. The van der Waals surface area contributed by atoms with Gasteiger partial charge >= 0.3 is 0 Å². The number of fused-ring (bicyclic) bond motifs is 1. The van der Waals surface area contributed by atoms with Gasteiger partial charge in [-0.3, -0.25) is 0 Å². The van der Waals surface area contributed by atoms with Crippen LogP contribution in [-0.4, -0.2) is 44.3 Å². The number of hydrogen-bond donors (Lipinski definition) is 1. The quantitative estimate of drug-likeness (QED) is 0.928. The molecule has 1 atom stereocenters. The van der Waals surface area contributed by atoms with E-state index in [9.17, 15) is 0 Å². The first-order chi connectivity index (χ1) is 10.2. The lowest BCUT2D eigenvalue weighted by Crippen LogP contribution is -2.51. The third-order valence-corrected chi connectivity index (χ3v) is 5.06. The molecule has 2 aliphatic rings. The van der Waals surface area contributed by atoms with Gasteiger partial charge < -0.3 is 19.7 Å². The van der Waals surface area contributed by atoms with Gasteiger partial charge in [-0.15, -0.1) is 0 Å². The van der Waals surface area contributed by atoms with Crippen LogP contribution in [0.3, 0.4) is 0 Å². The van der Waals surface area contributed by atoms with E-state index in [0.29, 0.717) is 6.04 Å². The minimum atomic E-state index is 0.000928. The Morgan fingerprint density at radius 1 is 1.38 bits per heavy atom. The van der Waals surface area contributed by atoms with Crippen molar-refractivity contribution < 1.29 is 9.47 Å². The van der Waals surface area contributed by atoms with E-state index in [2.05, 4.69) is 29.3 Å². The van der Waals surface area contributed by atoms with Crippen LogP contribution in [0.1, 0.15) is 37.8 Å². The van der Waals surface area contributed by atoms with Gasteiger partial charge in [-0.05, 0) is 44.6 Å². The Hall–Kier alpha value is -1.26. The van der Waals surface area contributed by atoms with Gasteiger partial charge in [-0.1, -0.05) is 6.92 Å². The molecule has 1 saturated heterocycles. The normalized spacial score (nSPS) is 24.4. The standard InChI is InChI=1S/C17H26N2O2/c1-4-19-9-7-17(8-10-19)12-15(18-2)14-11-13(20-3)5-6-16(14)21-17/h5-6,11,15,18H,4,7-10,12H2,1-3H3. The predicted octanol–water partition coefficient (Wildman–Crippen LogP) is 2.59. The fraction of sp³-hybridized carbons (Fsp3) is 0.647. The molecular weight excluding hydrogens is 264 g/mol. The zero-order chi connectivity index (χ0) is 14.9. The van der Waals surface area contributed by atoms with E-state index in [1.807, 2.05) is 13.1 Å². The highest BCUT2D eigenvalue weighted by Crippen LogP contribution is 2.45. The maximum atomic E-state index is 6.46. The van der Waals surface area contributed by atoms with Gasteiger partial charge in [0, 0.05) is 31.1 Å². The second kappa shape index (κ2) is 5.85. The Kier molecular flexibility index (Phi) is 4.09. The van der Waals surface area contributed by atoms with Gasteiger partial charge in [0.2, 0.25) is 0 Å². The number of benzene rings is 1. The number of nitrogens with zero attached hydrogens (tertiary/aromatic N) is 1. The summed E-state index contributed by atoms with van der Waals surface area (Å²) in [5.41, 5.74) is 1.22. The highest BCUT2D eigenvalue weighted by molar-refractivity contribution is 5.44. The monoisotopic (exact) mass is 290 g/mol. The van der Waals surface area contributed by atoms with Crippen LogP contribution in [0.2, 0.25) is 0 Å². The molecule has 2 heterocycles. The lowest BCUT2D eigenvalue weighted by Gasteiger charge is -2.46. The summed E-state index contributed by atoms with van der Waals surface area (Å²) < 4.78 is 11.8. The second-order valence-electron chi connectivity index (χ2n) is 6.17. The third-order valence-electron chi connectivity index (χ3n) is 5.06. The van der Waals surface area contributed by atoms with Crippen molar-refractivity contribution in [2.24, 2.45) is 0 Å². The molecule has 1 unspecified atom stereocenters. The molecule has 116 valence electrons. The molecule has 0 aliphatic carbocycles. The third kappa shape index (κ3) is 2.74. The fourth-order valence-corrected chi connectivity index (χ4v) is 3.62. The second-order valence-corrected chi connectivity index (χ2v) is 6.17. The summed E-state index contributed by atoms with van der Waals surface area (Å²) in [6, 6.07) is 6.50. The van der Waals surface area contributed by atoms with E-state index in [4.69, 9.17) is 9.47 Å². The summed E-state index contributed by atoms with van der Waals surface area (Å²) in [6.45, 7) is 5.65. The van der Waals surface area contributed by atoms with Crippen molar-refractivity contribution in [3.05, 3.63) is 23.8 Å². The van der Waals surface area contributed by atoms with Crippen molar-refractivity contribution in [3.63, 3.8) is 0 Å². The van der Waals surface area contributed by atoms with Gasteiger partial charge in [0.25, 0.3) is 0 Å². The highest BCUT2D eigenvalue weighted by Gasteiger charge is 2.42. The SMILES string of the molecule is CCN1CCC2(CC1)CC(NC)c1cc(OC)ccc1O2. The van der Waals surface area contributed by atoms with Crippen LogP contribution in [0.4, 0.5) is 0 Å². The zero-order valence-corrected chi connectivity index (χ0v) is 13.3. The van der Waals surface area contributed by atoms with Gasteiger partial charge in [-0.2, -0.15) is 0 Å². The molecule has 3 rings (SSSR count). The zero-order valence-electron chi connectivity index (χ0n) is 13.3. The lowest BCUT2D eigenvalue weighted by molar-refractivity contribution is -0.0236. The number of ether oxygens (including phenoxy) is 2. The Morgan fingerprint density at radius 3 is 2.76 bits per heavy atom. The summed E-state index contributed by atoms with van der Waals surface area (Å²) in [7, 11) is 3.75. The molecule has 0 aromatic heterocycles. The van der Waals surface area contributed by atoms with Crippen molar-refractivity contribution in [1.29, 1.82) is 0 Å². The van der Waals surface area contributed by atoms with E-state index in [0.717, 1.165) is 50.4 Å². The average Bonchev–Trinajstić information content (AvgIpc) is 2.54. The Balaban J connectivity index is 1.85. The molecule has 0 radical (unpaired) electrons. The summed E-state index contributed by atoms with van der Waals surface area (Å²) >= 11 is 0. The van der Waals surface area contributed by atoms with Crippen LogP contribution in [0.25, 0.3) is 0 Å². The Morgan fingerprint density at radius 2 is 2.14 bits per heavy atom. The molecule has 21 heavy (non-hydrogen) atoms. The van der Waals surface area contributed by atoms with Crippen LogP contribution < -0.4 is 14.8 Å². The largest absolute Gasteiger partial charge is 0.497 e. The van der Waals surface area contributed by atoms with Gasteiger partial charge in [0.05, 0.1) is 7.11 Å². The van der Waals surface area contributed by atoms with E-state index < -0.39 is 0 Å². The first-order valence-electron chi connectivity index (χ1n) is 7.96. The molecule has 0 bridgehead atoms. The van der Waals surface area contributed by atoms with Crippen molar-refractivity contribution in [2.45, 2.75) is 37.8 Å². The number of hydrogen-bond acceptors (Lipinski definition) is 4. The molecule has 4 nitrogen and oxygen atoms in total. The summed E-state index contributed by atoms with van der Waals surface area (Å²) in [5.74, 6) is 1.92. The molecule has 0 saturated carbocycles. The van der Waals surface area contributed by atoms with Gasteiger partial charge in [-0.25, -0.2) is 0 Å². The molecule has 2 aliphatic heterocycles. The van der Waals surface area contributed by atoms with Crippen LogP contribution in [0.5, 0.6) is 11.5 Å². The minimum absolute atomic E-state index is 0.000928. The Labute approximate surface area is 127 Å². The summed E-state index contributed by atoms with van der Waals surface area (Å²) in [4.78, 5) is 2.51. The number of rotatable bonds is 3. The molecular formula is C17H26N2O2. The summed E-state index contributed by atoms with van der Waals surface area (Å²) in [6.07, 6.45) is 3.27. The van der Waals surface area contributed by atoms with E-state index in [1.165, 1.54) is 5.56 Å². The first kappa shape index (κ1) is 14.7. The number of likely N-dealkylation sites (tertiary alicyclic amines) is 1. The van der Waals surface area contributed by atoms with E-state index >= 15 is 0 Å². The molecule has 0 amide bonds. The van der Waals surface area contributed by atoms with Crippen molar-refractivity contribution >= 4 is 0 Å². The fourth-order valence-electron chi connectivity index (χ4n) is 3.62. The molecule has 1 fully saturated rings. The van der Waals surface area contributed by atoms with Crippen molar-refractivity contribution in [3.8, 4) is 11.5 Å². The Bertz CT molecular complexity index is 496. The van der Waals surface area contributed by atoms with E-state index in [1.54, 1.807) is 7.11 Å². The molecule has 1 spiro atoms. The van der Waals surface area contributed by atoms with Gasteiger partial charge in [0.1, 0.15) is 17.1 Å². The number of piperidine rings is 1. The summed E-state index contributed by atoms with van der Waals surface area (Å²) in [5, 5.41) is 3.46. The van der Waals surface area contributed by atoms with Crippen LogP contribution in [0.15, 0.2) is 18.2 Å². The molecule has 4 heteroatoms. The van der Waals surface area contributed by atoms with E-state index in [-0.39, 0.29) is 5.60 Å². The van der Waals surface area contributed by atoms with Crippen LogP contribution >= 0.6 is 0 Å². The number of methoxy groups -OCH3 is 1. The minimum Gasteiger partial charge on any atom is -0.497 e. The lowest BCUT2D eigenvalue weighted by atomic mass is 9.80. The maximum Gasteiger partial charge on any atom is 0.125 e. The number of nitrogens with one attached hydrogen (secondary N) is 1. The highest BCUT2D eigenvalue weighted by atomic mass is 16.5. The molecule has 1 aromatic rings. The maximum absolute atomic E-state index is 6.46. The van der Waals surface area contributed by atoms with Crippen molar-refractivity contribution in [2.75, 3.05) is 33.8 Å². The van der Waals surface area contributed by atoms with Crippen LogP contribution in [0, 0.1) is 0 Å². The van der Waals surface area contributed by atoms with Crippen LogP contribution in [-0.2, 0) is 0 Å². The topological polar surface area (TPSA) is 33.7 Å².